The summed E-state index contributed by atoms with van der Waals surface area (Å²) < 4.78 is 7.51. The van der Waals surface area contributed by atoms with Crippen molar-refractivity contribution in [2.75, 3.05) is 6.54 Å². The van der Waals surface area contributed by atoms with Crippen LogP contribution < -0.4 is 10.1 Å². The number of thiophene rings is 1. The summed E-state index contributed by atoms with van der Waals surface area (Å²) in [4.78, 5) is 12.9. The molecule has 3 aromatic rings. The Bertz CT molecular complexity index is 904. The van der Waals surface area contributed by atoms with Crippen LogP contribution in [0.1, 0.15) is 26.4 Å². The van der Waals surface area contributed by atoms with Crippen molar-refractivity contribution in [3.8, 4) is 5.75 Å². The summed E-state index contributed by atoms with van der Waals surface area (Å²) in [6.07, 6.45) is 3.30. The molecule has 136 valence electrons. The maximum atomic E-state index is 12.2. The minimum Gasteiger partial charge on any atom is -0.489 e. The van der Waals surface area contributed by atoms with Gasteiger partial charge in [-0.05, 0) is 48.6 Å². The maximum absolute atomic E-state index is 12.2. The lowest BCUT2D eigenvalue weighted by atomic mass is 10.1. The van der Waals surface area contributed by atoms with E-state index >= 15 is 0 Å². The molecule has 0 saturated heterocycles. The molecule has 0 aliphatic heterocycles. The molecule has 2 heterocycles. The lowest BCUT2D eigenvalue weighted by Crippen LogP contribution is -2.26. The smallest absolute Gasteiger partial charge is 0.261 e. The fraction of sp³-hybridized carbons (Fsp3) is 0.263. The lowest BCUT2D eigenvalue weighted by Gasteiger charge is -2.07. The van der Waals surface area contributed by atoms with E-state index in [1.807, 2.05) is 29.6 Å². The molecule has 0 saturated carbocycles. The van der Waals surface area contributed by atoms with Gasteiger partial charge in [-0.3, -0.25) is 9.48 Å². The van der Waals surface area contributed by atoms with E-state index in [0.29, 0.717) is 29.6 Å². The molecule has 1 N–H and O–H groups in total. The second-order valence-electron chi connectivity index (χ2n) is 6.03. The Hall–Kier alpha value is -2.31. The van der Waals surface area contributed by atoms with Crippen LogP contribution in [0.2, 0.25) is 5.02 Å². The molecule has 1 aromatic carbocycles. The molecule has 0 radical (unpaired) electrons. The Labute approximate surface area is 161 Å². The van der Waals surface area contributed by atoms with Gasteiger partial charge in [-0.15, -0.1) is 11.3 Å². The first-order chi connectivity index (χ1) is 12.5. The van der Waals surface area contributed by atoms with Crippen LogP contribution in [0.4, 0.5) is 0 Å². The number of nitrogens with one attached hydrogen (secondary N) is 1. The number of rotatable bonds is 7. The third-order valence-corrected chi connectivity index (χ3v) is 5.16. The Morgan fingerprint density at radius 3 is 2.88 bits per heavy atom. The SMILES string of the molecule is Cc1ccc(OCc2csc(C(=O)NCCn3cc(Cl)cn3)c2)cc1C. The number of nitrogens with zero attached hydrogens (tertiary/aromatic N) is 2. The molecule has 0 unspecified atom stereocenters. The molecule has 0 fully saturated rings. The monoisotopic (exact) mass is 389 g/mol. The number of hydrogen-bond donors (Lipinski definition) is 1. The van der Waals surface area contributed by atoms with Crippen LogP contribution in [0.3, 0.4) is 0 Å². The van der Waals surface area contributed by atoms with Crippen LogP contribution in [0.5, 0.6) is 5.75 Å². The van der Waals surface area contributed by atoms with E-state index in [2.05, 4.69) is 24.3 Å². The summed E-state index contributed by atoms with van der Waals surface area (Å²) >= 11 is 7.22. The van der Waals surface area contributed by atoms with Crippen LogP contribution >= 0.6 is 22.9 Å². The fourth-order valence-electron chi connectivity index (χ4n) is 2.37. The van der Waals surface area contributed by atoms with Gasteiger partial charge in [-0.2, -0.15) is 5.10 Å². The summed E-state index contributed by atoms with van der Waals surface area (Å²) in [5, 5.41) is 9.49. The minimum atomic E-state index is -0.0920. The third-order valence-electron chi connectivity index (χ3n) is 3.99. The highest BCUT2D eigenvalue weighted by atomic mass is 35.5. The molecule has 26 heavy (non-hydrogen) atoms. The number of ether oxygens (including phenoxy) is 1. The summed E-state index contributed by atoms with van der Waals surface area (Å²) in [7, 11) is 0. The Morgan fingerprint density at radius 2 is 2.15 bits per heavy atom. The van der Waals surface area contributed by atoms with Crippen molar-refractivity contribution in [3.63, 3.8) is 0 Å². The first-order valence-corrected chi connectivity index (χ1v) is 9.50. The molecule has 0 atom stereocenters. The predicted octanol–water partition coefficient (Wildman–Crippen LogP) is 4.22. The van der Waals surface area contributed by atoms with Crippen LogP contribution in [-0.4, -0.2) is 22.2 Å². The number of halogens is 1. The third kappa shape index (κ3) is 4.86. The van der Waals surface area contributed by atoms with Gasteiger partial charge in [-0.1, -0.05) is 17.7 Å². The van der Waals surface area contributed by atoms with E-state index in [1.54, 1.807) is 17.1 Å². The van der Waals surface area contributed by atoms with Crippen molar-refractivity contribution in [2.24, 2.45) is 0 Å². The van der Waals surface area contributed by atoms with Crippen LogP contribution in [0.25, 0.3) is 0 Å². The summed E-state index contributed by atoms with van der Waals surface area (Å²) in [5.74, 6) is 0.744. The Kier molecular flexibility index (Phi) is 5.96. The predicted molar refractivity (Wildman–Crippen MR) is 104 cm³/mol. The number of carbonyl (C=O) groups is 1. The first-order valence-electron chi connectivity index (χ1n) is 8.25. The summed E-state index contributed by atoms with van der Waals surface area (Å²) in [6, 6.07) is 7.90. The summed E-state index contributed by atoms with van der Waals surface area (Å²) in [6.45, 7) is 5.64. The highest BCUT2D eigenvalue weighted by molar-refractivity contribution is 7.12. The lowest BCUT2D eigenvalue weighted by molar-refractivity contribution is 0.0956. The standard InChI is InChI=1S/C19H20ClN3O2S/c1-13-3-4-17(7-14(13)2)25-11-15-8-18(26-12-15)19(24)21-5-6-23-10-16(20)9-22-23/h3-4,7-10,12H,5-6,11H2,1-2H3,(H,21,24). The van der Waals surface area contributed by atoms with Crippen molar-refractivity contribution >= 4 is 28.8 Å². The van der Waals surface area contributed by atoms with Crippen molar-refractivity contribution < 1.29 is 9.53 Å². The molecule has 1 amide bonds. The van der Waals surface area contributed by atoms with Crippen molar-refractivity contribution in [3.05, 3.63) is 68.6 Å². The number of benzene rings is 1. The van der Waals surface area contributed by atoms with Crippen LogP contribution in [0, 0.1) is 13.8 Å². The van der Waals surface area contributed by atoms with Gasteiger partial charge in [-0.25, -0.2) is 0 Å². The van der Waals surface area contributed by atoms with E-state index < -0.39 is 0 Å². The van der Waals surface area contributed by atoms with Gasteiger partial charge in [0.1, 0.15) is 12.4 Å². The molecule has 0 bridgehead atoms. The number of aromatic nitrogens is 2. The Balaban J connectivity index is 1.48. The second kappa shape index (κ2) is 8.38. The highest BCUT2D eigenvalue weighted by Gasteiger charge is 2.09. The molecule has 0 aliphatic carbocycles. The van der Waals surface area contributed by atoms with Crippen LogP contribution in [-0.2, 0) is 13.2 Å². The van der Waals surface area contributed by atoms with Crippen molar-refractivity contribution in [1.29, 1.82) is 0 Å². The second-order valence-corrected chi connectivity index (χ2v) is 7.38. The number of hydrogen-bond acceptors (Lipinski definition) is 4. The normalized spacial score (nSPS) is 10.7. The topological polar surface area (TPSA) is 56.1 Å². The van der Waals surface area contributed by atoms with E-state index in [4.69, 9.17) is 16.3 Å². The van der Waals surface area contributed by atoms with Gasteiger partial charge in [0.15, 0.2) is 0 Å². The largest absolute Gasteiger partial charge is 0.489 e. The van der Waals surface area contributed by atoms with Gasteiger partial charge in [0.2, 0.25) is 0 Å². The molecule has 2 aromatic heterocycles. The molecule has 7 heteroatoms. The fourth-order valence-corrected chi connectivity index (χ4v) is 3.34. The Morgan fingerprint density at radius 1 is 1.31 bits per heavy atom. The van der Waals surface area contributed by atoms with Crippen molar-refractivity contribution in [1.82, 2.24) is 15.1 Å². The van der Waals surface area contributed by atoms with E-state index in [9.17, 15) is 4.79 Å². The van der Waals surface area contributed by atoms with Gasteiger partial charge >= 0.3 is 0 Å². The molecule has 3 rings (SSSR count). The van der Waals surface area contributed by atoms with Gasteiger partial charge in [0.25, 0.3) is 5.91 Å². The molecule has 5 nitrogen and oxygen atoms in total. The molecular weight excluding hydrogens is 370 g/mol. The van der Waals surface area contributed by atoms with E-state index in [1.165, 1.54) is 22.5 Å². The highest BCUT2D eigenvalue weighted by Crippen LogP contribution is 2.20. The molecular formula is C19H20ClN3O2S. The zero-order valence-electron chi connectivity index (χ0n) is 14.7. The minimum absolute atomic E-state index is 0.0920. The number of amides is 1. The van der Waals surface area contributed by atoms with Gasteiger partial charge in [0, 0.05) is 18.3 Å². The quantitative estimate of drug-likeness (QED) is 0.658. The van der Waals surface area contributed by atoms with Crippen LogP contribution in [0.15, 0.2) is 42.0 Å². The van der Waals surface area contributed by atoms with Gasteiger partial charge in [0.05, 0.1) is 22.6 Å². The average molecular weight is 390 g/mol. The first kappa shape index (κ1) is 18.5. The number of carbonyl (C=O) groups excluding carboxylic acids is 1. The number of aryl methyl sites for hydroxylation is 2. The zero-order valence-corrected chi connectivity index (χ0v) is 16.2. The summed E-state index contributed by atoms with van der Waals surface area (Å²) in [5.41, 5.74) is 3.42. The molecule has 0 spiro atoms. The van der Waals surface area contributed by atoms with Gasteiger partial charge < -0.3 is 10.1 Å². The van der Waals surface area contributed by atoms with Crippen molar-refractivity contribution in [2.45, 2.75) is 27.0 Å². The maximum Gasteiger partial charge on any atom is 0.261 e. The average Bonchev–Trinajstić information content (AvgIpc) is 3.25. The van der Waals surface area contributed by atoms with E-state index in [-0.39, 0.29) is 5.91 Å². The molecule has 0 aliphatic rings. The van der Waals surface area contributed by atoms with E-state index in [0.717, 1.165) is 11.3 Å². The zero-order chi connectivity index (χ0) is 18.5.